The summed E-state index contributed by atoms with van der Waals surface area (Å²) in [7, 11) is 0. The fraction of sp³-hybridized carbons (Fsp3) is 0.222. The summed E-state index contributed by atoms with van der Waals surface area (Å²) < 4.78 is 0. The second kappa shape index (κ2) is 9.00. The fourth-order valence-electron chi connectivity index (χ4n) is 2.00. The first-order valence-corrected chi connectivity index (χ1v) is 8.54. The van der Waals surface area contributed by atoms with Gasteiger partial charge in [-0.3, -0.25) is 9.59 Å². The summed E-state index contributed by atoms with van der Waals surface area (Å²) in [6.45, 7) is 2.48. The van der Waals surface area contributed by atoms with Crippen LogP contribution >= 0.6 is 11.8 Å². The van der Waals surface area contributed by atoms with E-state index in [1.165, 1.54) is 11.8 Å². The van der Waals surface area contributed by atoms with Crippen molar-refractivity contribution in [1.29, 1.82) is 0 Å². The highest BCUT2D eigenvalue weighted by molar-refractivity contribution is 8.00. The highest BCUT2D eigenvalue weighted by atomic mass is 32.2. The molecule has 0 radical (unpaired) electrons. The van der Waals surface area contributed by atoms with Gasteiger partial charge < -0.3 is 10.6 Å². The van der Waals surface area contributed by atoms with Crippen molar-refractivity contribution in [2.45, 2.75) is 13.5 Å². The van der Waals surface area contributed by atoms with Gasteiger partial charge in [0.25, 0.3) is 0 Å². The van der Waals surface area contributed by atoms with Crippen LogP contribution in [-0.2, 0) is 16.1 Å². The van der Waals surface area contributed by atoms with Crippen LogP contribution in [0.4, 0.5) is 5.69 Å². The Morgan fingerprint density at radius 1 is 0.957 bits per heavy atom. The Hall–Kier alpha value is -2.27. The van der Waals surface area contributed by atoms with Crippen LogP contribution in [-0.4, -0.2) is 23.3 Å². The Bertz CT molecular complexity index is 659. The predicted octanol–water partition coefficient (Wildman–Crippen LogP) is 2.98. The summed E-state index contributed by atoms with van der Waals surface area (Å²) in [6.07, 6.45) is 0. The van der Waals surface area contributed by atoms with Crippen molar-refractivity contribution in [2.24, 2.45) is 0 Å². The minimum absolute atomic E-state index is 0.0674. The average Bonchev–Trinajstić information content (AvgIpc) is 2.54. The lowest BCUT2D eigenvalue weighted by Gasteiger charge is -2.07. The lowest BCUT2D eigenvalue weighted by atomic mass is 10.2. The fourth-order valence-corrected chi connectivity index (χ4v) is 2.65. The lowest BCUT2D eigenvalue weighted by Crippen LogP contribution is -2.25. The van der Waals surface area contributed by atoms with E-state index in [-0.39, 0.29) is 23.3 Å². The van der Waals surface area contributed by atoms with Crippen LogP contribution in [0.5, 0.6) is 0 Å². The van der Waals surface area contributed by atoms with Gasteiger partial charge in [0, 0.05) is 12.2 Å². The molecule has 0 aromatic heterocycles. The second-order valence-electron chi connectivity index (χ2n) is 5.17. The van der Waals surface area contributed by atoms with Crippen molar-refractivity contribution >= 4 is 29.3 Å². The zero-order valence-corrected chi connectivity index (χ0v) is 13.9. The normalized spacial score (nSPS) is 10.1. The summed E-state index contributed by atoms with van der Waals surface area (Å²) in [5.74, 6) is 0.361. The summed E-state index contributed by atoms with van der Waals surface area (Å²) in [4.78, 5) is 23.6. The number of thioether (sulfide) groups is 1. The van der Waals surface area contributed by atoms with Crippen molar-refractivity contribution < 1.29 is 9.59 Å². The molecule has 2 aromatic carbocycles. The van der Waals surface area contributed by atoms with E-state index < -0.39 is 0 Å². The van der Waals surface area contributed by atoms with Gasteiger partial charge in [0.2, 0.25) is 11.8 Å². The van der Waals surface area contributed by atoms with Crippen molar-refractivity contribution in [3.8, 4) is 0 Å². The third-order valence-corrected chi connectivity index (χ3v) is 4.03. The van der Waals surface area contributed by atoms with Gasteiger partial charge in [-0.15, -0.1) is 11.8 Å². The third-order valence-electron chi connectivity index (χ3n) is 3.10. The molecule has 0 aliphatic heterocycles. The number of carbonyl (C=O) groups is 2. The van der Waals surface area contributed by atoms with Crippen LogP contribution in [0.15, 0.2) is 54.6 Å². The minimum Gasteiger partial charge on any atom is -0.351 e. The molecule has 0 spiro atoms. The Morgan fingerprint density at radius 2 is 1.70 bits per heavy atom. The molecule has 23 heavy (non-hydrogen) atoms. The molecule has 0 saturated heterocycles. The number of rotatable bonds is 7. The molecule has 2 N–H and O–H groups in total. The smallest absolute Gasteiger partial charge is 0.234 e. The van der Waals surface area contributed by atoms with E-state index in [1.54, 1.807) is 0 Å². The number of nitrogens with one attached hydrogen (secondary N) is 2. The van der Waals surface area contributed by atoms with Crippen molar-refractivity contribution in [3.05, 3.63) is 65.7 Å². The molecule has 120 valence electrons. The molecule has 0 heterocycles. The molecule has 0 atom stereocenters. The SMILES string of the molecule is Cc1cccc(NC(=O)CSCC(=O)NCc2ccccc2)c1. The molecule has 0 aliphatic rings. The summed E-state index contributed by atoms with van der Waals surface area (Å²) in [5, 5.41) is 5.66. The van der Waals surface area contributed by atoms with Crippen molar-refractivity contribution in [1.82, 2.24) is 5.32 Å². The average molecular weight is 328 g/mol. The van der Waals surface area contributed by atoms with Gasteiger partial charge in [0.1, 0.15) is 0 Å². The minimum atomic E-state index is -0.101. The van der Waals surface area contributed by atoms with Gasteiger partial charge in [-0.2, -0.15) is 0 Å². The second-order valence-corrected chi connectivity index (χ2v) is 6.16. The Kier molecular flexibility index (Phi) is 6.69. The van der Waals surface area contributed by atoms with Gasteiger partial charge in [-0.05, 0) is 30.2 Å². The van der Waals surface area contributed by atoms with Gasteiger partial charge in [-0.25, -0.2) is 0 Å². The monoisotopic (exact) mass is 328 g/mol. The summed E-state index contributed by atoms with van der Waals surface area (Å²) in [6, 6.07) is 17.4. The van der Waals surface area contributed by atoms with E-state index in [4.69, 9.17) is 0 Å². The summed E-state index contributed by atoms with van der Waals surface area (Å²) >= 11 is 1.30. The van der Waals surface area contributed by atoms with Crippen molar-refractivity contribution in [3.63, 3.8) is 0 Å². The van der Waals surface area contributed by atoms with Gasteiger partial charge in [0.15, 0.2) is 0 Å². The number of benzene rings is 2. The maximum absolute atomic E-state index is 11.8. The Labute approximate surface area is 140 Å². The Balaban J connectivity index is 1.64. The number of hydrogen-bond acceptors (Lipinski definition) is 3. The van der Waals surface area contributed by atoms with Gasteiger partial charge >= 0.3 is 0 Å². The molecule has 5 heteroatoms. The molecule has 2 aromatic rings. The zero-order chi connectivity index (χ0) is 16.5. The lowest BCUT2D eigenvalue weighted by molar-refractivity contribution is -0.118. The standard InChI is InChI=1S/C18H20N2O2S/c1-14-6-5-9-16(10-14)20-18(22)13-23-12-17(21)19-11-15-7-3-2-4-8-15/h2-10H,11-13H2,1H3,(H,19,21)(H,20,22). The molecule has 0 unspecified atom stereocenters. The number of aryl methyl sites for hydroxylation is 1. The van der Waals surface area contributed by atoms with Gasteiger partial charge in [-0.1, -0.05) is 42.5 Å². The highest BCUT2D eigenvalue weighted by Gasteiger charge is 2.06. The van der Waals surface area contributed by atoms with Crippen LogP contribution in [0.3, 0.4) is 0 Å². The molecule has 0 fully saturated rings. The predicted molar refractivity (Wildman–Crippen MR) is 95.4 cm³/mol. The number of carbonyl (C=O) groups excluding carboxylic acids is 2. The van der Waals surface area contributed by atoms with E-state index >= 15 is 0 Å². The molecule has 2 rings (SSSR count). The van der Waals surface area contributed by atoms with Crippen LogP contribution in [0.25, 0.3) is 0 Å². The quantitative estimate of drug-likeness (QED) is 0.821. The van der Waals surface area contributed by atoms with E-state index in [0.717, 1.165) is 16.8 Å². The van der Waals surface area contributed by atoms with Crippen LogP contribution in [0.1, 0.15) is 11.1 Å². The van der Waals surface area contributed by atoms with Crippen LogP contribution < -0.4 is 10.6 Å². The van der Waals surface area contributed by atoms with Crippen LogP contribution in [0.2, 0.25) is 0 Å². The van der Waals surface area contributed by atoms with Crippen LogP contribution in [0, 0.1) is 6.92 Å². The highest BCUT2D eigenvalue weighted by Crippen LogP contribution is 2.10. The number of amides is 2. The zero-order valence-electron chi connectivity index (χ0n) is 13.0. The van der Waals surface area contributed by atoms with Gasteiger partial charge in [0.05, 0.1) is 11.5 Å². The molecule has 4 nitrogen and oxygen atoms in total. The first-order valence-electron chi connectivity index (χ1n) is 7.38. The van der Waals surface area contributed by atoms with E-state index in [0.29, 0.717) is 6.54 Å². The molecular weight excluding hydrogens is 308 g/mol. The first-order chi connectivity index (χ1) is 11.1. The number of hydrogen-bond donors (Lipinski definition) is 2. The number of anilines is 1. The third kappa shape index (κ3) is 6.57. The topological polar surface area (TPSA) is 58.2 Å². The maximum atomic E-state index is 11.8. The molecular formula is C18H20N2O2S. The molecule has 0 aliphatic carbocycles. The summed E-state index contributed by atoms with van der Waals surface area (Å²) in [5.41, 5.74) is 2.93. The molecule has 2 amide bonds. The van der Waals surface area contributed by atoms with Crippen molar-refractivity contribution in [2.75, 3.05) is 16.8 Å². The molecule has 0 bridgehead atoms. The first kappa shape index (κ1) is 17.1. The molecule has 0 saturated carbocycles. The van der Waals surface area contributed by atoms with E-state index in [2.05, 4.69) is 10.6 Å². The maximum Gasteiger partial charge on any atom is 0.234 e. The van der Waals surface area contributed by atoms with E-state index in [1.807, 2.05) is 61.5 Å². The largest absolute Gasteiger partial charge is 0.351 e. The van der Waals surface area contributed by atoms with E-state index in [9.17, 15) is 9.59 Å². The Morgan fingerprint density at radius 3 is 2.43 bits per heavy atom.